The number of ether oxygens (including phenoxy) is 2. The summed E-state index contributed by atoms with van der Waals surface area (Å²) in [5.41, 5.74) is 2.71. The topological polar surface area (TPSA) is 115 Å². The summed E-state index contributed by atoms with van der Waals surface area (Å²) in [6.07, 6.45) is 4.79. The van der Waals surface area contributed by atoms with Crippen molar-refractivity contribution in [2.45, 2.75) is 18.8 Å². The van der Waals surface area contributed by atoms with Crippen molar-refractivity contribution in [3.63, 3.8) is 0 Å². The van der Waals surface area contributed by atoms with Crippen molar-refractivity contribution in [2.24, 2.45) is 0 Å². The van der Waals surface area contributed by atoms with Gasteiger partial charge < -0.3 is 14.8 Å². The van der Waals surface area contributed by atoms with Crippen LogP contribution in [0.2, 0.25) is 0 Å². The van der Waals surface area contributed by atoms with Gasteiger partial charge in [0.1, 0.15) is 11.3 Å². The standard InChI is InChI=1S/C17H18N6O3/c1-25-13-3-2-11(10-4-6-26-7-5-10)15-16(13)20-14(9-18-15)21-17(24)12-8-19-23-22-12/h2-3,8-10H,4-7H2,1H3,(H,19,22,23)(H,20,21,24). The lowest BCUT2D eigenvalue weighted by Crippen LogP contribution is -2.16. The van der Waals surface area contributed by atoms with Crippen LogP contribution in [0.4, 0.5) is 5.82 Å². The molecule has 2 aromatic heterocycles. The molecular weight excluding hydrogens is 336 g/mol. The Kier molecular flexibility index (Phi) is 4.44. The number of methoxy groups -OCH3 is 1. The summed E-state index contributed by atoms with van der Waals surface area (Å²) in [7, 11) is 1.59. The predicted molar refractivity (Wildman–Crippen MR) is 93.2 cm³/mol. The Bertz CT molecular complexity index is 922. The van der Waals surface area contributed by atoms with Crippen LogP contribution in [0.5, 0.6) is 5.75 Å². The van der Waals surface area contributed by atoms with Crippen molar-refractivity contribution in [2.75, 3.05) is 25.6 Å². The average molecular weight is 354 g/mol. The van der Waals surface area contributed by atoms with E-state index in [2.05, 4.69) is 30.7 Å². The molecule has 4 rings (SSSR count). The second kappa shape index (κ2) is 7.04. The van der Waals surface area contributed by atoms with Gasteiger partial charge in [-0.15, -0.1) is 0 Å². The number of benzene rings is 1. The van der Waals surface area contributed by atoms with Gasteiger partial charge in [0, 0.05) is 13.2 Å². The first-order valence-corrected chi connectivity index (χ1v) is 8.35. The van der Waals surface area contributed by atoms with E-state index in [-0.39, 0.29) is 5.69 Å². The fourth-order valence-electron chi connectivity index (χ4n) is 3.15. The van der Waals surface area contributed by atoms with Gasteiger partial charge in [0.15, 0.2) is 11.5 Å². The van der Waals surface area contributed by atoms with Crippen LogP contribution in [-0.4, -0.2) is 51.6 Å². The minimum atomic E-state index is -0.410. The van der Waals surface area contributed by atoms with Crippen LogP contribution in [0.1, 0.15) is 34.8 Å². The number of hydrogen-bond donors (Lipinski definition) is 2. The third-order valence-corrected chi connectivity index (χ3v) is 4.46. The van der Waals surface area contributed by atoms with Gasteiger partial charge in [-0.3, -0.25) is 9.78 Å². The monoisotopic (exact) mass is 354 g/mol. The van der Waals surface area contributed by atoms with E-state index in [4.69, 9.17) is 9.47 Å². The molecule has 1 aliphatic heterocycles. The highest BCUT2D eigenvalue weighted by atomic mass is 16.5. The number of fused-ring (bicyclic) bond motifs is 1. The third kappa shape index (κ3) is 3.08. The second-order valence-electron chi connectivity index (χ2n) is 6.01. The van der Waals surface area contributed by atoms with E-state index in [0.29, 0.717) is 23.0 Å². The molecule has 134 valence electrons. The molecule has 0 aliphatic carbocycles. The number of hydrogen-bond acceptors (Lipinski definition) is 7. The third-order valence-electron chi connectivity index (χ3n) is 4.46. The van der Waals surface area contributed by atoms with E-state index in [1.54, 1.807) is 13.3 Å². The van der Waals surface area contributed by atoms with Gasteiger partial charge in [0.2, 0.25) is 0 Å². The first-order chi connectivity index (χ1) is 12.8. The summed E-state index contributed by atoms with van der Waals surface area (Å²) in [5.74, 6) is 0.905. The predicted octanol–water partition coefficient (Wildman–Crippen LogP) is 1.90. The smallest absolute Gasteiger partial charge is 0.279 e. The summed E-state index contributed by atoms with van der Waals surface area (Å²) in [6.45, 7) is 1.49. The van der Waals surface area contributed by atoms with Gasteiger partial charge >= 0.3 is 0 Å². The molecule has 1 saturated heterocycles. The minimum Gasteiger partial charge on any atom is -0.494 e. The highest BCUT2D eigenvalue weighted by molar-refractivity contribution is 6.02. The molecule has 0 radical (unpaired) electrons. The van der Waals surface area contributed by atoms with Crippen molar-refractivity contribution in [3.8, 4) is 5.75 Å². The molecule has 26 heavy (non-hydrogen) atoms. The van der Waals surface area contributed by atoms with E-state index in [0.717, 1.165) is 37.1 Å². The van der Waals surface area contributed by atoms with Crippen LogP contribution < -0.4 is 10.1 Å². The lowest BCUT2D eigenvalue weighted by atomic mass is 9.90. The van der Waals surface area contributed by atoms with E-state index in [1.165, 1.54) is 6.20 Å². The quantitative estimate of drug-likeness (QED) is 0.735. The zero-order chi connectivity index (χ0) is 17.9. The van der Waals surface area contributed by atoms with Gasteiger partial charge in [0.25, 0.3) is 5.91 Å². The Labute approximate surface area is 149 Å². The number of carbonyl (C=O) groups excluding carboxylic acids is 1. The normalized spacial score (nSPS) is 15.1. The first kappa shape index (κ1) is 16.4. The molecule has 0 bridgehead atoms. The molecule has 9 nitrogen and oxygen atoms in total. The molecule has 0 unspecified atom stereocenters. The number of anilines is 1. The number of rotatable bonds is 4. The van der Waals surface area contributed by atoms with Gasteiger partial charge in [-0.05, 0) is 30.4 Å². The van der Waals surface area contributed by atoms with E-state index >= 15 is 0 Å². The molecule has 1 aromatic carbocycles. The molecule has 3 heterocycles. The molecule has 0 spiro atoms. The highest BCUT2D eigenvalue weighted by Gasteiger charge is 2.21. The van der Waals surface area contributed by atoms with Crippen molar-refractivity contribution >= 4 is 22.8 Å². The van der Waals surface area contributed by atoms with Crippen LogP contribution in [-0.2, 0) is 4.74 Å². The first-order valence-electron chi connectivity index (χ1n) is 8.35. The fourth-order valence-corrected chi connectivity index (χ4v) is 3.15. The van der Waals surface area contributed by atoms with Gasteiger partial charge in [-0.25, -0.2) is 4.98 Å². The van der Waals surface area contributed by atoms with Crippen LogP contribution in [0.3, 0.4) is 0 Å². The Balaban J connectivity index is 1.70. The minimum absolute atomic E-state index is 0.176. The number of nitrogens with zero attached hydrogens (tertiary/aromatic N) is 4. The van der Waals surface area contributed by atoms with Crippen molar-refractivity contribution in [3.05, 3.63) is 35.8 Å². The zero-order valence-corrected chi connectivity index (χ0v) is 14.2. The Morgan fingerprint density at radius 1 is 1.27 bits per heavy atom. The molecule has 1 aliphatic rings. The zero-order valence-electron chi connectivity index (χ0n) is 14.2. The molecule has 9 heteroatoms. The van der Waals surface area contributed by atoms with E-state index in [9.17, 15) is 4.79 Å². The SMILES string of the molecule is COc1ccc(C2CCOCC2)c2ncc(NC(=O)c3cn[nH]n3)nc12. The highest BCUT2D eigenvalue weighted by Crippen LogP contribution is 2.35. The molecule has 0 atom stereocenters. The van der Waals surface area contributed by atoms with Gasteiger partial charge in [-0.2, -0.15) is 15.4 Å². The number of carbonyl (C=O) groups is 1. The Morgan fingerprint density at radius 2 is 2.12 bits per heavy atom. The average Bonchev–Trinajstić information content (AvgIpc) is 3.23. The summed E-state index contributed by atoms with van der Waals surface area (Å²) in [4.78, 5) is 21.2. The van der Waals surface area contributed by atoms with Gasteiger partial charge in [0.05, 0.1) is 25.0 Å². The molecule has 1 fully saturated rings. The van der Waals surface area contributed by atoms with E-state index in [1.807, 2.05) is 12.1 Å². The van der Waals surface area contributed by atoms with Crippen LogP contribution in [0.15, 0.2) is 24.5 Å². The number of nitrogens with one attached hydrogen (secondary N) is 2. The summed E-state index contributed by atoms with van der Waals surface area (Å²) >= 11 is 0. The van der Waals surface area contributed by atoms with Crippen molar-refractivity contribution in [1.82, 2.24) is 25.4 Å². The van der Waals surface area contributed by atoms with Crippen LogP contribution in [0.25, 0.3) is 11.0 Å². The largest absolute Gasteiger partial charge is 0.494 e. The maximum absolute atomic E-state index is 12.1. The number of aromatic amines is 1. The molecule has 2 N–H and O–H groups in total. The number of amides is 1. The molecule has 1 amide bonds. The van der Waals surface area contributed by atoms with E-state index < -0.39 is 5.91 Å². The maximum Gasteiger partial charge on any atom is 0.279 e. The summed E-state index contributed by atoms with van der Waals surface area (Å²) in [6, 6.07) is 3.94. The molecule has 3 aromatic rings. The summed E-state index contributed by atoms with van der Waals surface area (Å²) in [5, 5.41) is 12.5. The lowest BCUT2D eigenvalue weighted by Gasteiger charge is -2.23. The summed E-state index contributed by atoms with van der Waals surface area (Å²) < 4.78 is 10.9. The van der Waals surface area contributed by atoms with Crippen LogP contribution in [0, 0.1) is 0 Å². The number of H-pyrrole nitrogens is 1. The lowest BCUT2D eigenvalue weighted by molar-refractivity contribution is 0.0855. The fraction of sp³-hybridized carbons (Fsp3) is 0.353. The second-order valence-corrected chi connectivity index (χ2v) is 6.01. The molecule has 0 saturated carbocycles. The van der Waals surface area contributed by atoms with Crippen molar-refractivity contribution < 1.29 is 14.3 Å². The Morgan fingerprint density at radius 3 is 2.85 bits per heavy atom. The number of aromatic nitrogens is 5. The van der Waals surface area contributed by atoms with Gasteiger partial charge in [-0.1, -0.05) is 6.07 Å². The Hall–Kier alpha value is -3.07. The molecular formula is C17H18N6O3. The maximum atomic E-state index is 12.1. The van der Waals surface area contributed by atoms with Crippen LogP contribution >= 0.6 is 0 Å². The van der Waals surface area contributed by atoms with Crippen molar-refractivity contribution in [1.29, 1.82) is 0 Å².